The summed E-state index contributed by atoms with van der Waals surface area (Å²) in [6, 6.07) is 9.62. The standard InChI is InChI=1S/C18H24N4O2/c1-13-8-11-21(12-17(13)23)18(24)20-14(2)15-4-6-16(7-5-15)22-10-3-9-19-22/h3-7,9-10,13-14,17,23H,8,11-12H2,1-2H3,(H,20,24). The lowest BCUT2D eigenvalue weighted by Gasteiger charge is -2.35. The first-order chi connectivity index (χ1) is 11.5. The average molecular weight is 328 g/mol. The van der Waals surface area contributed by atoms with E-state index in [9.17, 15) is 9.90 Å². The summed E-state index contributed by atoms with van der Waals surface area (Å²) in [5, 5.41) is 17.1. The van der Waals surface area contributed by atoms with E-state index < -0.39 is 6.10 Å². The summed E-state index contributed by atoms with van der Waals surface area (Å²) < 4.78 is 1.79. The Balaban J connectivity index is 1.60. The van der Waals surface area contributed by atoms with Crippen LogP contribution in [0, 0.1) is 5.92 Å². The van der Waals surface area contributed by atoms with Gasteiger partial charge in [0.1, 0.15) is 0 Å². The smallest absolute Gasteiger partial charge is 0.317 e. The number of nitrogens with one attached hydrogen (secondary N) is 1. The summed E-state index contributed by atoms with van der Waals surface area (Å²) in [5.41, 5.74) is 2.01. The summed E-state index contributed by atoms with van der Waals surface area (Å²) >= 11 is 0. The van der Waals surface area contributed by atoms with Crippen LogP contribution in [-0.2, 0) is 0 Å². The molecule has 1 aliphatic heterocycles. The summed E-state index contributed by atoms with van der Waals surface area (Å²) in [6.07, 6.45) is 4.03. The van der Waals surface area contributed by atoms with Crippen LogP contribution in [0.1, 0.15) is 31.9 Å². The van der Waals surface area contributed by atoms with E-state index in [-0.39, 0.29) is 18.0 Å². The Labute approximate surface area is 142 Å². The molecule has 0 saturated carbocycles. The van der Waals surface area contributed by atoms with Gasteiger partial charge in [-0.05, 0) is 43.0 Å². The summed E-state index contributed by atoms with van der Waals surface area (Å²) in [6.45, 7) is 5.07. The number of aliphatic hydroxyl groups excluding tert-OH is 1. The van der Waals surface area contributed by atoms with Crippen molar-refractivity contribution in [1.29, 1.82) is 0 Å². The first-order valence-corrected chi connectivity index (χ1v) is 8.38. The van der Waals surface area contributed by atoms with Crippen LogP contribution in [0.15, 0.2) is 42.7 Å². The largest absolute Gasteiger partial charge is 0.391 e. The minimum atomic E-state index is -0.437. The molecule has 1 aromatic carbocycles. The van der Waals surface area contributed by atoms with Crippen molar-refractivity contribution in [2.24, 2.45) is 5.92 Å². The van der Waals surface area contributed by atoms with Crippen molar-refractivity contribution < 1.29 is 9.90 Å². The number of rotatable bonds is 3. The van der Waals surface area contributed by atoms with Gasteiger partial charge in [-0.3, -0.25) is 0 Å². The molecule has 3 rings (SSSR count). The maximum Gasteiger partial charge on any atom is 0.317 e. The maximum absolute atomic E-state index is 12.4. The van der Waals surface area contributed by atoms with Gasteiger partial charge in [0.15, 0.2) is 0 Å². The van der Waals surface area contributed by atoms with Crippen molar-refractivity contribution in [3.8, 4) is 5.69 Å². The maximum atomic E-state index is 12.4. The van der Waals surface area contributed by atoms with E-state index in [2.05, 4.69) is 10.4 Å². The van der Waals surface area contributed by atoms with Crippen molar-refractivity contribution in [1.82, 2.24) is 20.0 Å². The number of hydrogen-bond donors (Lipinski definition) is 2. The molecule has 0 bridgehead atoms. The highest BCUT2D eigenvalue weighted by molar-refractivity contribution is 5.74. The molecule has 3 unspecified atom stereocenters. The molecule has 3 atom stereocenters. The SMILES string of the molecule is CC(NC(=O)N1CCC(C)C(O)C1)c1ccc(-n2cccn2)cc1. The van der Waals surface area contributed by atoms with Gasteiger partial charge in [-0.1, -0.05) is 19.1 Å². The van der Waals surface area contributed by atoms with E-state index in [1.807, 2.05) is 50.4 Å². The monoisotopic (exact) mass is 328 g/mol. The van der Waals surface area contributed by atoms with Crippen molar-refractivity contribution in [2.45, 2.75) is 32.4 Å². The van der Waals surface area contributed by atoms with Gasteiger partial charge in [-0.2, -0.15) is 5.10 Å². The van der Waals surface area contributed by atoms with Crippen molar-refractivity contribution in [3.05, 3.63) is 48.3 Å². The molecule has 1 aromatic heterocycles. The van der Waals surface area contributed by atoms with E-state index >= 15 is 0 Å². The van der Waals surface area contributed by atoms with Crippen LogP contribution in [0.4, 0.5) is 4.79 Å². The Morgan fingerprint density at radius 1 is 1.38 bits per heavy atom. The van der Waals surface area contributed by atoms with Gasteiger partial charge in [0, 0.05) is 25.5 Å². The van der Waals surface area contributed by atoms with Gasteiger partial charge in [-0.15, -0.1) is 0 Å². The quantitative estimate of drug-likeness (QED) is 0.908. The fraction of sp³-hybridized carbons (Fsp3) is 0.444. The van der Waals surface area contributed by atoms with Gasteiger partial charge >= 0.3 is 6.03 Å². The second kappa shape index (κ2) is 7.05. The molecule has 6 nitrogen and oxygen atoms in total. The third-order valence-electron chi connectivity index (χ3n) is 4.71. The highest BCUT2D eigenvalue weighted by Crippen LogP contribution is 2.19. The van der Waals surface area contributed by atoms with E-state index in [0.717, 1.165) is 17.7 Å². The third-order valence-corrected chi connectivity index (χ3v) is 4.71. The minimum absolute atomic E-state index is 0.0966. The fourth-order valence-electron chi connectivity index (χ4n) is 2.93. The molecule has 1 saturated heterocycles. The molecule has 128 valence electrons. The number of amides is 2. The van der Waals surface area contributed by atoms with E-state index in [4.69, 9.17) is 0 Å². The lowest BCUT2D eigenvalue weighted by molar-refractivity contribution is 0.0431. The van der Waals surface area contributed by atoms with Crippen molar-refractivity contribution >= 4 is 6.03 Å². The third kappa shape index (κ3) is 3.59. The van der Waals surface area contributed by atoms with Gasteiger partial charge in [0.2, 0.25) is 0 Å². The number of piperidine rings is 1. The Bertz CT molecular complexity index is 669. The number of aromatic nitrogens is 2. The first-order valence-electron chi connectivity index (χ1n) is 8.38. The molecule has 0 radical (unpaired) electrons. The number of likely N-dealkylation sites (tertiary alicyclic amines) is 1. The molecule has 0 spiro atoms. The molecular weight excluding hydrogens is 304 g/mol. The zero-order chi connectivity index (χ0) is 17.1. The van der Waals surface area contributed by atoms with Crippen molar-refractivity contribution in [3.63, 3.8) is 0 Å². The Morgan fingerprint density at radius 3 is 2.75 bits per heavy atom. The van der Waals surface area contributed by atoms with Crippen molar-refractivity contribution in [2.75, 3.05) is 13.1 Å². The number of carbonyl (C=O) groups is 1. The number of nitrogens with zero attached hydrogens (tertiary/aromatic N) is 3. The second-order valence-electron chi connectivity index (χ2n) is 6.49. The molecule has 2 N–H and O–H groups in total. The topological polar surface area (TPSA) is 70.4 Å². The van der Waals surface area contributed by atoms with Crippen LogP contribution in [0.25, 0.3) is 5.69 Å². The fourth-order valence-corrected chi connectivity index (χ4v) is 2.93. The molecule has 2 aromatic rings. The van der Waals surface area contributed by atoms with Crippen LogP contribution in [0.3, 0.4) is 0 Å². The highest BCUT2D eigenvalue weighted by atomic mass is 16.3. The van der Waals surface area contributed by atoms with E-state index in [1.54, 1.807) is 15.8 Å². The van der Waals surface area contributed by atoms with Gasteiger partial charge in [0.05, 0.1) is 17.8 Å². The van der Waals surface area contributed by atoms with Gasteiger partial charge < -0.3 is 15.3 Å². The normalized spacial score (nSPS) is 22.2. The molecule has 1 aliphatic rings. The molecule has 6 heteroatoms. The number of β-amino-alcohol motifs (C(OH)–C–C–N with tert-alkyl or cyclic N) is 1. The van der Waals surface area contributed by atoms with E-state index in [0.29, 0.717) is 13.1 Å². The second-order valence-corrected chi connectivity index (χ2v) is 6.49. The number of benzene rings is 1. The number of aliphatic hydroxyl groups is 1. The average Bonchev–Trinajstić information content (AvgIpc) is 3.12. The summed E-state index contributed by atoms with van der Waals surface area (Å²) in [5.74, 6) is 0.251. The van der Waals surface area contributed by atoms with Crippen LogP contribution in [0.5, 0.6) is 0 Å². The molecule has 2 amide bonds. The number of urea groups is 1. The van der Waals surface area contributed by atoms with Crippen LogP contribution < -0.4 is 5.32 Å². The first kappa shape index (κ1) is 16.5. The van der Waals surface area contributed by atoms with Crippen LogP contribution in [-0.4, -0.2) is 45.0 Å². The lowest BCUT2D eigenvalue weighted by Crippen LogP contribution is -2.50. The minimum Gasteiger partial charge on any atom is -0.391 e. The van der Waals surface area contributed by atoms with E-state index in [1.165, 1.54) is 0 Å². The Morgan fingerprint density at radius 2 is 2.12 bits per heavy atom. The highest BCUT2D eigenvalue weighted by Gasteiger charge is 2.27. The Hall–Kier alpha value is -2.34. The molecule has 24 heavy (non-hydrogen) atoms. The van der Waals surface area contributed by atoms with Crippen LogP contribution in [0.2, 0.25) is 0 Å². The molecule has 0 aliphatic carbocycles. The molecular formula is C18H24N4O2. The predicted molar refractivity (Wildman–Crippen MR) is 91.9 cm³/mol. The lowest BCUT2D eigenvalue weighted by atomic mass is 9.96. The van der Waals surface area contributed by atoms with Gasteiger partial charge in [0.25, 0.3) is 0 Å². The molecule has 1 fully saturated rings. The zero-order valence-corrected chi connectivity index (χ0v) is 14.1. The van der Waals surface area contributed by atoms with Crippen LogP contribution >= 0.6 is 0 Å². The predicted octanol–water partition coefficient (Wildman–Crippen LogP) is 2.35. The van der Waals surface area contributed by atoms with Gasteiger partial charge in [-0.25, -0.2) is 9.48 Å². The number of hydrogen-bond acceptors (Lipinski definition) is 3. The zero-order valence-electron chi connectivity index (χ0n) is 14.1. The Kier molecular flexibility index (Phi) is 4.85. The summed E-state index contributed by atoms with van der Waals surface area (Å²) in [4.78, 5) is 14.1. The molecule has 2 heterocycles. The number of carbonyl (C=O) groups excluding carboxylic acids is 1. The summed E-state index contributed by atoms with van der Waals surface area (Å²) in [7, 11) is 0.